The molecule has 21 heavy (non-hydrogen) atoms. The number of carbonyl (C=O) groups is 1. The highest BCUT2D eigenvalue weighted by molar-refractivity contribution is 7.13. The number of benzene rings is 1. The van der Waals surface area contributed by atoms with Crippen molar-refractivity contribution in [3.05, 3.63) is 54.4 Å². The van der Waals surface area contributed by atoms with Crippen molar-refractivity contribution in [2.75, 3.05) is 6.54 Å². The highest BCUT2D eigenvalue weighted by Gasteiger charge is 2.15. The molecule has 0 unspecified atom stereocenters. The summed E-state index contributed by atoms with van der Waals surface area (Å²) in [4.78, 5) is 17.8. The summed E-state index contributed by atoms with van der Waals surface area (Å²) in [6, 6.07) is 11.9. The number of fused-ring (bicyclic) bond motifs is 1. The third-order valence-corrected chi connectivity index (χ3v) is 4.01. The van der Waals surface area contributed by atoms with Gasteiger partial charge in [0.25, 0.3) is 0 Å². The molecule has 0 aliphatic carbocycles. The van der Waals surface area contributed by atoms with Crippen molar-refractivity contribution in [2.24, 2.45) is 0 Å². The fourth-order valence-corrected chi connectivity index (χ4v) is 2.94. The first kappa shape index (κ1) is 13.6. The van der Waals surface area contributed by atoms with Crippen molar-refractivity contribution in [1.29, 1.82) is 0 Å². The molecule has 2 heterocycles. The second-order valence-corrected chi connectivity index (χ2v) is 5.53. The molecule has 0 aliphatic rings. The summed E-state index contributed by atoms with van der Waals surface area (Å²) >= 11 is 1.62. The Bertz CT molecular complexity index is 774. The Balaban J connectivity index is 2.04. The number of carbonyl (C=O) groups excluding carboxylic acids is 1. The molecule has 1 amide bonds. The van der Waals surface area contributed by atoms with Gasteiger partial charge in [-0.1, -0.05) is 24.3 Å². The van der Waals surface area contributed by atoms with Crippen LogP contribution in [-0.2, 0) is 11.3 Å². The molecule has 4 nitrogen and oxygen atoms in total. The number of rotatable bonds is 5. The number of nitrogens with zero attached hydrogens (tertiary/aromatic N) is 2. The zero-order valence-corrected chi connectivity index (χ0v) is 12.3. The van der Waals surface area contributed by atoms with E-state index in [1.165, 1.54) is 0 Å². The molecule has 0 radical (unpaired) electrons. The van der Waals surface area contributed by atoms with E-state index in [9.17, 15) is 4.79 Å². The van der Waals surface area contributed by atoms with Gasteiger partial charge < -0.3 is 9.88 Å². The number of hydrogen-bond donors (Lipinski definition) is 1. The molecule has 2 aromatic heterocycles. The molecule has 1 N–H and O–H groups in total. The lowest BCUT2D eigenvalue weighted by atomic mass is 10.3. The minimum Gasteiger partial charge on any atom is -0.351 e. The van der Waals surface area contributed by atoms with Crippen molar-refractivity contribution in [1.82, 2.24) is 14.9 Å². The lowest BCUT2D eigenvalue weighted by Crippen LogP contribution is -2.27. The van der Waals surface area contributed by atoms with Crippen LogP contribution >= 0.6 is 11.3 Å². The molecule has 0 spiro atoms. The second-order valence-electron chi connectivity index (χ2n) is 4.58. The minimum atomic E-state index is -0.0455. The average molecular weight is 297 g/mol. The smallest absolute Gasteiger partial charge is 0.240 e. The maximum Gasteiger partial charge on any atom is 0.240 e. The summed E-state index contributed by atoms with van der Waals surface area (Å²) in [6.07, 6.45) is 1.67. The molecule has 3 rings (SSSR count). The van der Waals surface area contributed by atoms with Gasteiger partial charge in [0, 0.05) is 6.54 Å². The van der Waals surface area contributed by atoms with Crippen LogP contribution in [0.1, 0.15) is 0 Å². The van der Waals surface area contributed by atoms with E-state index >= 15 is 0 Å². The molecule has 0 aliphatic heterocycles. The predicted octanol–water partition coefficient (Wildman–Crippen LogP) is 3.07. The average Bonchev–Trinajstić information content (AvgIpc) is 3.13. The minimum absolute atomic E-state index is 0.0455. The highest BCUT2D eigenvalue weighted by atomic mass is 32.1. The van der Waals surface area contributed by atoms with Crippen molar-refractivity contribution in [2.45, 2.75) is 6.54 Å². The van der Waals surface area contributed by atoms with Crippen molar-refractivity contribution in [3.8, 4) is 10.7 Å². The van der Waals surface area contributed by atoms with Gasteiger partial charge in [0.05, 0.1) is 15.9 Å². The molecule has 5 heteroatoms. The molecule has 0 fully saturated rings. The largest absolute Gasteiger partial charge is 0.351 e. The van der Waals surface area contributed by atoms with E-state index in [-0.39, 0.29) is 12.5 Å². The fourth-order valence-electron chi connectivity index (χ4n) is 2.21. The van der Waals surface area contributed by atoms with E-state index in [4.69, 9.17) is 0 Å². The topological polar surface area (TPSA) is 46.9 Å². The van der Waals surface area contributed by atoms with E-state index in [1.54, 1.807) is 17.4 Å². The van der Waals surface area contributed by atoms with Gasteiger partial charge >= 0.3 is 0 Å². The van der Waals surface area contributed by atoms with E-state index < -0.39 is 0 Å². The van der Waals surface area contributed by atoms with E-state index in [1.807, 2.05) is 46.3 Å². The molecule has 3 aromatic rings. The standard InChI is InChI=1S/C16H15N3OS/c1-2-9-17-15(20)11-19-13-7-4-3-6-12(13)18-16(19)14-8-5-10-21-14/h2-8,10H,1,9,11H2,(H,17,20). The Kier molecular flexibility index (Phi) is 3.83. The summed E-state index contributed by atoms with van der Waals surface area (Å²) in [7, 11) is 0. The number of amides is 1. The zero-order chi connectivity index (χ0) is 14.7. The van der Waals surface area contributed by atoms with Crippen molar-refractivity contribution < 1.29 is 4.79 Å². The number of thiophene rings is 1. The zero-order valence-electron chi connectivity index (χ0n) is 11.5. The summed E-state index contributed by atoms with van der Waals surface area (Å²) < 4.78 is 1.96. The Hall–Kier alpha value is -2.40. The van der Waals surface area contributed by atoms with Crippen LogP contribution in [0.15, 0.2) is 54.4 Å². The summed E-state index contributed by atoms with van der Waals surface area (Å²) in [5.41, 5.74) is 1.87. The normalized spacial score (nSPS) is 10.7. The van der Waals surface area contributed by atoms with Crippen molar-refractivity contribution in [3.63, 3.8) is 0 Å². The van der Waals surface area contributed by atoms with Gasteiger partial charge in [-0.25, -0.2) is 4.98 Å². The maximum atomic E-state index is 12.0. The number of nitrogens with one attached hydrogen (secondary N) is 1. The third kappa shape index (κ3) is 2.73. The fraction of sp³-hybridized carbons (Fsp3) is 0.125. The quantitative estimate of drug-likeness (QED) is 0.736. The lowest BCUT2D eigenvalue weighted by Gasteiger charge is -2.08. The molecule has 0 saturated heterocycles. The number of aromatic nitrogens is 2. The molecule has 0 saturated carbocycles. The number of imidazole rings is 1. The van der Waals surface area contributed by atoms with Gasteiger partial charge in [-0.3, -0.25) is 4.79 Å². The monoisotopic (exact) mass is 297 g/mol. The summed E-state index contributed by atoms with van der Waals surface area (Å²) in [5.74, 6) is 0.788. The molecular weight excluding hydrogens is 282 g/mol. The summed E-state index contributed by atoms with van der Waals surface area (Å²) in [6.45, 7) is 4.33. The first-order chi connectivity index (χ1) is 10.3. The Morgan fingerprint density at radius 3 is 2.95 bits per heavy atom. The molecule has 1 aromatic carbocycles. The number of para-hydroxylation sites is 2. The van der Waals surface area contributed by atoms with Crippen LogP contribution in [0, 0.1) is 0 Å². The van der Waals surface area contributed by atoms with Crippen LogP contribution in [0.5, 0.6) is 0 Å². The van der Waals surface area contributed by atoms with Gasteiger partial charge in [0.1, 0.15) is 6.54 Å². The van der Waals surface area contributed by atoms with Gasteiger partial charge in [0.15, 0.2) is 5.82 Å². The Morgan fingerprint density at radius 2 is 2.19 bits per heavy atom. The molecular formula is C16H15N3OS. The molecule has 0 atom stereocenters. The van der Waals surface area contributed by atoms with Crippen molar-refractivity contribution >= 4 is 28.3 Å². The second kappa shape index (κ2) is 5.93. The van der Waals surface area contributed by atoms with Crippen LogP contribution in [0.3, 0.4) is 0 Å². The van der Waals surface area contributed by atoms with E-state index in [0.29, 0.717) is 6.54 Å². The van der Waals surface area contributed by atoms with E-state index in [2.05, 4.69) is 16.9 Å². The highest BCUT2D eigenvalue weighted by Crippen LogP contribution is 2.27. The first-order valence-electron chi connectivity index (χ1n) is 6.66. The van der Waals surface area contributed by atoms with Crippen LogP contribution in [0.2, 0.25) is 0 Å². The van der Waals surface area contributed by atoms with Gasteiger partial charge in [0.2, 0.25) is 5.91 Å². The Labute approximate surface area is 126 Å². The lowest BCUT2D eigenvalue weighted by molar-refractivity contribution is -0.121. The van der Waals surface area contributed by atoms with Crippen LogP contribution in [0.4, 0.5) is 0 Å². The Morgan fingerprint density at radius 1 is 1.33 bits per heavy atom. The predicted molar refractivity (Wildman–Crippen MR) is 86.3 cm³/mol. The SMILES string of the molecule is C=CCNC(=O)Cn1c(-c2cccs2)nc2ccccc21. The van der Waals surface area contributed by atoms with Crippen LogP contribution < -0.4 is 5.32 Å². The molecule has 0 bridgehead atoms. The maximum absolute atomic E-state index is 12.0. The first-order valence-corrected chi connectivity index (χ1v) is 7.54. The van der Waals surface area contributed by atoms with Gasteiger partial charge in [-0.2, -0.15) is 0 Å². The van der Waals surface area contributed by atoms with Gasteiger partial charge in [-0.05, 0) is 23.6 Å². The summed E-state index contributed by atoms with van der Waals surface area (Å²) in [5, 5.41) is 4.82. The van der Waals surface area contributed by atoms with Crippen LogP contribution in [-0.4, -0.2) is 22.0 Å². The van der Waals surface area contributed by atoms with E-state index in [0.717, 1.165) is 21.7 Å². The third-order valence-electron chi connectivity index (χ3n) is 3.14. The molecule has 106 valence electrons. The van der Waals surface area contributed by atoms with Gasteiger partial charge in [-0.15, -0.1) is 17.9 Å². The number of hydrogen-bond acceptors (Lipinski definition) is 3. The van der Waals surface area contributed by atoms with Crippen LogP contribution in [0.25, 0.3) is 21.7 Å².